The van der Waals surface area contributed by atoms with Crippen molar-refractivity contribution in [2.24, 2.45) is 5.92 Å². The van der Waals surface area contributed by atoms with Crippen molar-refractivity contribution >= 4 is 12.0 Å². The average Bonchev–Trinajstić information content (AvgIpc) is 2.34. The standard InChI is InChI=1S/C14H28N2O3/c1-5-14(6-2,12(17)18)16-13(19)15-10-8-7-9-11(3)4/h11H,5-10H2,1-4H3,(H,17,18)(H2,15,16,19). The number of hydrogen-bond donors (Lipinski definition) is 3. The smallest absolute Gasteiger partial charge is 0.329 e. The second kappa shape index (κ2) is 8.77. The van der Waals surface area contributed by atoms with Crippen LogP contribution in [0.5, 0.6) is 0 Å². The molecular formula is C14H28N2O3. The summed E-state index contributed by atoms with van der Waals surface area (Å²) in [4.78, 5) is 22.9. The molecule has 0 aliphatic carbocycles. The summed E-state index contributed by atoms with van der Waals surface area (Å²) < 4.78 is 0. The summed E-state index contributed by atoms with van der Waals surface area (Å²) in [6.07, 6.45) is 3.89. The van der Waals surface area contributed by atoms with E-state index in [9.17, 15) is 14.7 Å². The third-order valence-electron chi connectivity index (χ3n) is 3.46. The lowest BCUT2D eigenvalue weighted by atomic mass is 9.93. The Bertz CT molecular complexity index is 286. The van der Waals surface area contributed by atoms with E-state index in [4.69, 9.17) is 0 Å². The highest BCUT2D eigenvalue weighted by molar-refractivity contribution is 5.86. The number of nitrogens with one attached hydrogen (secondary N) is 2. The molecule has 0 aliphatic heterocycles. The third kappa shape index (κ3) is 6.45. The molecule has 0 fully saturated rings. The van der Waals surface area contributed by atoms with Gasteiger partial charge in [-0.1, -0.05) is 40.5 Å². The van der Waals surface area contributed by atoms with Crippen molar-refractivity contribution in [1.82, 2.24) is 10.6 Å². The van der Waals surface area contributed by atoms with Crippen LogP contribution in [0.3, 0.4) is 0 Å². The molecule has 0 aromatic carbocycles. The van der Waals surface area contributed by atoms with Gasteiger partial charge in [0.05, 0.1) is 0 Å². The Kier molecular flexibility index (Phi) is 8.19. The maximum atomic E-state index is 11.7. The second-order valence-electron chi connectivity index (χ2n) is 5.36. The molecular weight excluding hydrogens is 244 g/mol. The molecule has 0 aromatic rings. The van der Waals surface area contributed by atoms with E-state index < -0.39 is 17.5 Å². The lowest BCUT2D eigenvalue weighted by molar-refractivity contribution is -0.144. The Labute approximate surface area is 116 Å². The van der Waals surface area contributed by atoms with E-state index in [-0.39, 0.29) is 0 Å². The van der Waals surface area contributed by atoms with E-state index >= 15 is 0 Å². The lowest BCUT2D eigenvalue weighted by Gasteiger charge is -2.28. The molecule has 0 aromatic heterocycles. The van der Waals surface area contributed by atoms with E-state index in [1.165, 1.54) is 0 Å². The minimum Gasteiger partial charge on any atom is -0.480 e. The van der Waals surface area contributed by atoms with Crippen LogP contribution in [0.15, 0.2) is 0 Å². The molecule has 0 atom stereocenters. The molecule has 5 nitrogen and oxygen atoms in total. The fourth-order valence-corrected chi connectivity index (χ4v) is 1.92. The molecule has 0 spiro atoms. The molecule has 0 rings (SSSR count). The summed E-state index contributed by atoms with van der Waals surface area (Å²) in [7, 11) is 0. The maximum absolute atomic E-state index is 11.7. The molecule has 112 valence electrons. The molecule has 0 aliphatic rings. The Morgan fingerprint density at radius 1 is 1.16 bits per heavy atom. The monoisotopic (exact) mass is 272 g/mol. The zero-order chi connectivity index (χ0) is 14.9. The lowest BCUT2D eigenvalue weighted by Crippen LogP contribution is -2.56. The molecule has 0 unspecified atom stereocenters. The van der Waals surface area contributed by atoms with Crippen LogP contribution in [0.1, 0.15) is 59.8 Å². The van der Waals surface area contributed by atoms with Gasteiger partial charge in [-0.2, -0.15) is 0 Å². The normalized spacial score (nSPS) is 11.4. The van der Waals surface area contributed by atoms with E-state index in [0.717, 1.165) is 19.3 Å². The highest BCUT2D eigenvalue weighted by atomic mass is 16.4. The van der Waals surface area contributed by atoms with Gasteiger partial charge < -0.3 is 15.7 Å². The van der Waals surface area contributed by atoms with Gasteiger partial charge in [-0.05, 0) is 25.2 Å². The summed E-state index contributed by atoms with van der Waals surface area (Å²) in [5.41, 5.74) is -1.15. The third-order valence-corrected chi connectivity index (χ3v) is 3.46. The van der Waals surface area contributed by atoms with Crippen LogP contribution in [0.4, 0.5) is 4.79 Å². The Balaban J connectivity index is 4.05. The number of hydrogen-bond acceptors (Lipinski definition) is 2. The van der Waals surface area contributed by atoms with Crippen molar-refractivity contribution in [1.29, 1.82) is 0 Å². The van der Waals surface area contributed by atoms with Gasteiger partial charge in [0.25, 0.3) is 0 Å². The molecule has 0 bridgehead atoms. The second-order valence-corrected chi connectivity index (χ2v) is 5.36. The Morgan fingerprint density at radius 2 is 1.74 bits per heavy atom. The van der Waals surface area contributed by atoms with Gasteiger partial charge in [0.15, 0.2) is 0 Å². The number of carbonyl (C=O) groups excluding carboxylic acids is 1. The zero-order valence-corrected chi connectivity index (χ0v) is 12.6. The van der Waals surface area contributed by atoms with Gasteiger partial charge >= 0.3 is 12.0 Å². The van der Waals surface area contributed by atoms with Crippen LogP contribution in [0.25, 0.3) is 0 Å². The first-order valence-corrected chi connectivity index (χ1v) is 7.17. The first-order valence-electron chi connectivity index (χ1n) is 7.17. The van der Waals surface area contributed by atoms with Crippen molar-refractivity contribution in [3.63, 3.8) is 0 Å². The molecule has 0 heterocycles. The molecule has 0 saturated heterocycles. The van der Waals surface area contributed by atoms with Crippen LogP contribution in [0, 0.1) is 5.92 Å². The van der Waals surface area contributed by atoms with Gasteiger partial charge in [0, 0.05) is 6.54 Å². The molecule has 3 N–H and O–H groups in total. The van der Waals surface area contributed by atoms with Gasteiger partial charge in [0.1, 0.15) is 5.54 Å². The highest BCUT2D eigenvalue weighted by Crippen LogP contribution is 2.15. The van der Waals surface area contributed by atoms with Gasteiger partial charge in [-0.15, -0.1) is 0 Å². The van der Waals surface area contributed by atoms with E-state index in [2.05, 4.69) is 24.5 Å². The maximum Gasteiger partial charge on any atom is 0.329 e. The van der Waals surface area contributed by atoms with E-state index in [1.807, 2.05) is 0 Å². The number of unbranched alkanes of at least 4 members (excludes halogenated alkanes) is 1. The Morgan fingerprint density at radius 3 is 2.16 bits per heavy atom. The van der Waals surface area contributed by atoms with Gasteiger partial charge in [-0.3, -0.25) is 0 Å². The first-order chi connectivity index (χ1) is 8.88. The van der Waals surface area contributed by atoms with Crippen LogP contribution < -0.4 is 10.6 Å². The number of carboxylic acids is 1. The minimum absolute atomic E-state index is 0.375. The van der Waals surface area contributed by atoms with Crippen molar-refractivity contribution in [2.75, 3.05) is 6.54 Å². The first kappa shape index (κ1) is 17.7. The van der Waals surface area contributed by atoms with Crippen LogP contribution in [-0.2, 0) is 4.79 Å². The highest BCUT2D eigenvalue weighted by Gasteiger charge is 2.36. The predicted molar refractivity (Wildman–Crippen MR) is 76.2 cm³/mol. The molecule has 19 heavy (non-hydrogen) atoms. The number of rotatable bonds is 9. The van der Waals surface area contributed by atoms with Crippen LogP contribution in [-0.4, -0.2) is 29.2 Å². The number of urea groups is 1. The van der Waals surface area contributed by atoms with Crippen LogP contribution >= 0.6 is 0 Å². The number of amides is 2. The fraction of sp³-hybridized carbons (Fsp3) is 0.857. The van der Waals surface area contributed by atoms with Crippen LogP contribution in [0.2, 0.25) is 0 Å². The topological polar surface area (TPSA) is 78.4 Å². The Hall–Kier alpha value is -1.26. The predicted octanol–water partition coefficient (Wildman–Crippen LogP) is 2.76. The number of carboxylic acid groups (broad SMARTS) is 1. The van der Waals surface area contributed by atoms with E-state index in [0.29, 0.717) is 25.3 Å². The molecule has 0 saturated carbocycles. The fourth-order valence-electron chi connectivity index (χ4n) is 1.92. The quantitative estimate of drug-likeness (QED) is 0.565. The molecule has 5 heteroatoms. The average molecular weight is 272 g/mol. The summed E-state index contributed by atoms with van der Waals surface area (Å²) >= 11 is 0. The van der Waals surface area contributed by atoms with Gasteiger partial charge in [-0.25, -0.2) is 9.59 Å². The van der Waals surface area contributed by atoms with Crippen molar-refractivity contribution < 1.29 is 14.7 Å². The summed E-state index contributed by atoms with van der Waals surface area (Å²) in [5.74, 6) is -0.305. The van der Waals surface area contributed by atoms with Gasteiger partial charge in [0.2, 0.25) is 0 Å². The molecule has 2 amide bonds. The zero-order valence-electron chi connectivity index (χ0n) is 12.6. The SMILES string of the molecule is CCC(CC)(NC(=O)NCCCCC(C)C)C(=O)O. The summed E-state index contributed by atoms with van der Waals surface area (Å²) in [6.45, 7) is 8.45. The number of aliphatic carboxylic acids is 1. The van der Waals surface area contributed by atoms with E-state index in [1.54, 1.807) is 13.8 Å². The minimum atomic E-state index is -1.15. The summed E-state index contributed by atoms with van der Waals surface area (Å²) in [6, 6.07) is -0.393. The van der Waals surface area contributed by atoms with Crippen molar-refractivity contribution in [3.05, 3.63) is 0 Å². The molecule has 0 radical (unpaired) electrons. The van der Waals surface area contributed by atoms with Crippen molar-refractivity contribution in [2.45, 2.75) is 65.3 Å². The van der Waals surface area contributed by atoms with Crippen molar-refractivity contribution in [3.8, 4) is 0 Å². The largest absolute Gasteiger partial charge is 0.480 e. The number of carbonyl (C=O) groups is 2. The summed E-state index contributed by atoms with van der Waals surface area (Å²) in [5, 5.41) is 14.5.